The summed E-state index contributed by atoms with van der Waals surface area (Å²) in [5, 5.41) is 19.8. The summed E-state index contributed by atoms with van der Waals surface area (Å²) in [4.78, 5) is 28.7. The van der Waals surface area contributed by atoms with Crippen LogP contribution in [0.3, 0.4) is 0 Å². The number of amides is 1. The zero-order valence-corrected chi connectivity index (χ0v) is 25.3. The predicted octanol–water partition coefficient (Wildman–Crippen LogP) is 4.62. The van der Waals surface area contributed by atoms with Gasteiger partial charge in [-0.05, 0) is 56.3 Å². The van der Waals surface area contributed by atoms with Crippen molar-refractivity contribution in [1.82, 2.24) is 19.5 Å². The van der Waals surface area contributed by atoms with Crippen LogP contribution in [0.15, 0.2) is 95.1 Å². The van der Waals surface area contributed by atoms with Crippen LogP contribution in [0.25, 0.3) is 16.9 Å². The number of hydrogen-bond donors (Lipinski definition) is 1. The predicted molar refractivity (Wildman–Crippen MR) is 155 cm³/mol. The molecule has 0 saturated carbocycles. The molecule has 0 aliphatic rings. The zero-order chi connectivity index (χ0) is 33.6. The maximum atomic E-state index is 13.5. The summed E-state index contributed by atoms with van der Waals surface area (Å²) in [5.74, 6) is -1.84. The van der Waals surface area contributed by atoms with E-state index in [4.69, 9.17) is 4.74 Å². The molecule has 13 nitrogen and oxygen atoms in total. The van der Waals surface area contributed by atoms with Crippen molar-refractivity contribution in [2.75, 3.05) is 13.8 Å². The van der Waals surface area contributed by atoms with Crippen molar-refractivity contribution < 1.29 is 45.7 Å². The largest absolute Gasteiger partial charge is 0.569 e. The Kier molecular flexibility index (Phi) is 9.94. The minimum atomic E-state index is -4.73. The Morgan fingerprint density at radius 3 is 2.30 bits per heavy atom. The van der Waals surface area contributed by atoms with Crippen LogP contribution < -0.4 is 4.72 Å². The van der Waals surface area contributed by atoms with E-state index in [2.05, 4.69) is 15.2 Å². The topological polar surface area (TPSA) is 158 Å². The van der Waals surface area contributed by atoms with E-state index in [0.717, 1.165) is 35.5 Å². The van der Waals surface area contributed by atoms with Gasteiger partial charge in [0.1, 0.15) is 0 Å². The quantitative estimate of drug-likeness (QED) is 0.0605. The van der Waals surface area contributed by atoms with E-state index in [0.29, 0.717) is 10.6 Å². The summed E-state index contributed by atoms with van der Waals surface area (Å²) >= 11 is 0. The molecule has 46 heavy (non-hydrogen) atoms. The van der Waals surface area contributed by atoms with Gasteiger partial charge in [0, 0.05) is 5.56 Å². The van der Waals surface area contributed by atoms with Gasteiger partial charge in [0.2, 0.25) is 5.28 Å². The molecular formula is C29H27F3N6O7S. The number of nitrogens with one attached hydrogen (secondary N) is 1. The van der Waals surface area contributed by atoms with Gasteiger partial charge in [-0.15, -0.1) is 5.01 Å². The van der Waals surface area contributed by atoms with E-state index in [1.165, 1.54) is 31.2 Å². The number of hydrogen-bond acceptors (Lipinski definition) is 9. The highest BCUT2D eigenvalue weighted by molar-refractivity contribution is 7.90. The summed E-state index contributed by atoms with van der Waals surface area (Å²) in [6.07, 6.45) is -4.73. The van der Waals surface area contributed by atoms with E-state index < -0.39 is 46.6 Å². The second-order valence-corrected chi connectivity index (χ2v) is 11.5. The van der Waals surface area contributed by atoms with Crippen molar-refractivity contribution in [3.05, 3.63) is 107 Å². The first kappa shape index (κ1) is 33.4. The Labute approximate surface area is 261 Å². The molecule has 0 radical (unpaired) electrons. The van der Waals surface area contributed by atoms with E-state index in [9.17, 15) is 36.4 Å². The number of carbonyl (C=O) groups is 2. The minimum Gasteiger partial charge on any atom is -0.569 e. The number of rotatable bonds is 11. The molecule has 0 unspecified atom stereocenters. The van der Waals surface area contributed by atoms with Gasteiger partial charge in [0.05, 0.1) is 33.9 Å². The molecule has 1 N–H and O–H groups in total. The fourth-order valence-corrected chi connectivity index (χ4v) is 4.92. The smallest absolute Gasteiger partial charge is 0.435 e. The lowest BCUT2D eigenvalue weighted by atomic mass is 10.1. The third-order valence-electron chi connectivity index (χ3n) is 6.56. The molecule has 0 aliphatic carbocycles. The van der Waals surface area contributed by atoms with Gasteiger partial charge in [-0.2, -0.15) is 18.3 Å². The van der Waals surface area contributed by atoms with Gasteiger partial charge < -0.3 is 14.8 Å². The SMILES string of the molecule is Cc1ccc(-c2cc(C(F)(F)F)nn2-c2ccc(S(=O)(=O)NC(=O)[C@H](C)N(C)[N+]([O-])=NOCOC(=O)c3ccccc3)cc2)cc1. The number of ether oxygens (including phenoxy) is 1. The molecule has 17 heteroatoms. The fraction of sp³-hybridized carbons (Fsp3) is 0.207. The number of sulfonamides is 1. The van der Waals surface area contributed by atoms with Crippen LogP contribution in [-0.4, -0.2) is 59.9 Å². The number of nitrogens with zero attached hydrogens (tertiary/aromatic N) is 5. The maximum absolute atomic E-state index is 13.5. The van der Waals surface area contributed by atoms with Crippen LogP contribution in [0.5, 0.6) is 0 Å². The van der Waals surface area contributed by atoms with E-state index in [1.807, 2.05) is 11.6 Å². The van der Waals surface area contributed by atoms with Crippen LogP contribution in [0.1, 0.15) is 28.5 Å². The molecule has 4 rings (SSSR count). The Bertz CT molecular complexity index is 1830. The van der Waals surface area contributed by atoms with E-state index >= 15 is 0 Å². The molecule has 0 saturated heterocycles. The van der Waals surface area contributed by atoms with Crippen molar-refractivity contribution in [2.45, 2.75) is 31.0 Å². The molecule has 4 aromatic rings. The van der Waals surface area contributed by atoms with Crippen molar-refractivity contribution in [1.29, 1.82) is 0 Å². The highest BCUT2D eigenvalue weighted by Gasteiger charge is 2.35. The number of hydrazine groups is 1. The summed E-state index contributed by atoms with van der Waals surface area (Å²) < 4.78 is 74.1. The molecular weight excluding hydrogens is 633 g/mol. The monoisotopic (exact) mass is 660 g/mol. The van der Waals surface area contributed by atoms with Gasteiger partial charge >= 0.3 is 12.1 Å². The lowest BCUT2D eigenvalue weighted by Gasteiger charge is -2.19. The normalized spacial score (nSPS) is 12.7. The molecule has 242 valence electrons. The van der Waals surface area contributed by atoms with Gasteiger partial charge in [-0.3, -0.25) is 4.79 Å². The molecule has 1 amide bonds. The van der Waals surface area contributed by atoms with Crippen LogP contribution in [0.4, 0.5) is 13.2 Å². The first-order valence-electron chi connectivity index (χ1n) is 13.3. The molecule has 0 fully saturated rings. The second kappa shape index (κ2) is 13.7. The average molecular weight is 661 g/mol. The number of carbonyl (C=O) groups excluding carboxylic acids is 2. The number of halogens is 3. The van der Waals surface area contributed by atoms with Crippen LogP contribution >= 0.6 is 0 Å². The Morgan fingerprint density at radius 2 is 1.70 bits per heavy atom. The zero-order valence-electron chi connectivity index (χ0n) is 24.5. The third-order valence-corrected chi connectivity index (χ3v) is 7.93. The highest BCUT2D eigenvalue weighted by atomic mass is 32.2. The van der Waals surface area contributed by atoms with Crippen LogP contribution in [0, 0.1) is 12.1 Å². The number of likely N-dealkylation sites (N-methyl/N-ethyl adjacent to an activating group) is 1. The Morgan fingerprint density at radius 1 is 1.07 bits per heavy atom. The van der Waals surface area contributed by atoms with Gasteiger partial charge in [-0.25, -0.2) is 22.6 Å². The standard InChI is InChI=1S/C29H27F3N6O7S/c1-19-9-11-21(12-10-19)25-17-26(29(30,31)32)33-37(25)23-13-15-24(16-14-23)46(42,43)34-27(39)20(2)36(3)38(41)35-45-18-44-28(40)22-7-5-4-6-8-22/h4-17,20H,18H2,1-3H3,(H,34,39)/t20-/m0/s1. The summed E-state index contributed by atoms with van der Waals surface area (Å²) in [5.41, 5.74) is 0.709. The van der Waals surface area contributed by atoms with Crippen LogP contribution in [-0.2, 0) is 30.6 Å². The third kappa shape index (κ3) is 7.98. The first-order chi connectivity index (χ1) is 21.7. The Hall–Kier alpha value is -5.45. The molecule has 1 aromatic heterocycles. The highest BCUT2D eigenvalue weighted by Crippen LogP contribution is 2.33. The fourth-order valence-electron chi connectivity index (χ4n) is 3.88. The molecule has 1 heterocycles. The maximum Gasteiger partial charge on any atom is 0.435 e. The number of benzene rings is 3. The lowest BCUT2D eigenvalue weighted by molar-refractivity contribution is -0.710. The van der Waals surface area contributed by atoms with E-state index in [-0.39, 0.29) is 26.8 Å². The average Bonchev–Trinajstić information content (AvgIpc) is 3.49. The van der Waals surface area contributed by atoms with Gasteiger partial charge in [0.15, 0.2) is 11.7 Å². The van der Waals surface area contributed by atoms with Crippen molar-refractivity contribution >= 4 is 21.9 Å². The van der Waals surface area contributed by atoms with Gasteiger partial charge in [-0.1, -0.05) is 48.0 Å². The molecule has 0 bridgehead atoms. The minimum absolute atomic E-state index is 0.124. The molecule has 3 aromatic carbocycles. The molecule has 0 spiro atoms. The molecule has 1 atom stereocenters. The Balaban J connectivity index is 1.42. The summed E-state index contributed by atoms with van der Waals surface area (Å²) in [7, 11) is -3.35. The van der Waals surface area contributed by atoms with Gasteiger partial charge in [0.25, 0.3) is 22.7 Å². The summed E-state index contributed by atoms with van der Waals surface area (Å²) in [6, 6.07) is 18.9. The van der Waals surface area contributed by atoms with E-state index in [1.54, 1.807) is 42.5 Å². The summed E-state index contributed by atoms with van der Waals surface area (Å²) in [6.45, 7) is 2.33. The first-order valence-corrected chi connectivity index (χ1v) is 14.8. The van der Waals surface area contributed by atoms with Crippen molar-refractivity contribution in [3.8, 4) is 16.9 Å². The van der Waals surface area contributed by atoms with Crippen molar-refractivity contribution in [2.24, 2.45) is 5.28 Å². The molecule has 0 aliphatic heterocycles. The second-order valence-electron chi connectivity index (χ2n) is 9.78. The number of esters is 1. The number of aromatic nitrogens is 2. The lowest BCUT2D eigenvalue weighted by Crippen LogP contribution is -2.47. The van der Waals surface area contributed by atoms with Crippen molar-refractivity contribution in [3.63, 3.8) is 0 Å². The number of aryl methyl sites for hydroxylation is 1. The number of alkyl halides is 3. The van der Waals surface area contributed by atoms with Crippen LogP contribution in [0.2, 0.25) is 0 Å².